The molecule has 0 saturated carbocycles. The second-order valence-electron chi connectivity index (χ2n) is 9.35. The summed E-state index contributed by atoms with van der Waals surface area (Å²) in [6.07, 6.45) is 3.71. The van der Waals surface area contributed by atoms with Gasteiger partial charge in [0.05, 0.1) is 5.69 Å². The van der Waals surface area contributed by atoms with E-state index in [-0.39, 0.29) is 5.84 Å². The number of ether oxygens (including phenoxy) is 2. The molecule has 1 atom stereocenters. The van der Waals surface area contributed by atoms with Gasteiger partial charge >= 0.3 is 0 Å². The van der Waals surface area contributed by atoms with Gasteiger partial charge in [-0.15, -0.1) is 0 Å². The molecule has 3 N–H and O–H groups in total. The molecule has 35 heavy (non-hydrogen) atoms. The molecular weight excluding hydrogens is 464 g/mol. The van der Waals surface area contributed by atoms with Crippen molar-refractivity contribution in [3.8, 4) is 11.5 Å². The van der Waals surface area contributed by atoms with E-state index in [1.807, 2.05) is 56.3 Å². The number of benzene rings is 2. The van der Waals surface area contributed by atoms with Crippen LogP contribution in [-0.2, 0) is 12.3 Å². The first kappa shape index (κ1) is 23.5. The van der Waals surface area contributed by atoms with Crippen molar-refractivity contribution < 1.29 is 14.7 Å². The Morgan fingerprint density at radius 3 is 2.63 bits per heavy atom. The third-order valence-electron chi connectivity index (χ3n) is 6.97. The quantitative estimate of drug-likeness (QED) is 0.221. The fourth-order valence-electron chi connectivity index (χ4n) is 4.92. The zero-order valence-corrected chi connectivity index (χ0v) is 20.6. The van der Waals surface area contributed by atoms with Crippen molar-refractivity contribution >= 4 is 17.4 Å². The lowest BCUT2D eigenvalue weighted by Crippen LogP contribution is -2.33. The molecule has 7 nitrogen and oxygen atoms in total. The summed E-state index contributed by atoms with van der Waals surface area (Å²) in [5.41, 5.74) is 10.5. The molecule has 0 spiro atoms. The highest BCUT2D eigenvalue weighted by Crippen LogP contribution is 2.49. The third kappa shape index (κ3) is 4.66. The fraction of sp³-hybridized carbons (Fsp3) is 0.333. The van der Waals surface area contributed by atoms with Crippen LogP contribution < -0.4 is 15.2 Å². The van der Waals surface area contributed by atoms with Gasteiger partial charge in [0.2, 0.25) is 0 Å². The second kappa shape index (κ2) is 9.40. The smallest absolute Gasteiger partial charge is 0.275 e. The van der Waals surface area contributed by atoms with Crippen LogP contribution in [0.5, 0.6) is 11.5 Å². The average Bonchev–Trinajstić information content (AvgIpc) is 3.23. The summed E-state index contributed by atoms with van der Waals surface area (Å²) < 4.78 is 12.7. The molecule has 1 saturated heterocycles. The van der Waals surface area contributed by atoms with Crippen LogP contribution in [0.1, 0.15) is 53.6 Å². The third-order valence-corrected chi connectivity index (χ3v) is 7.22. The summed E-state index contributed by atoms with van der Waals surface area (Å²) in [7, 11) is 0. The van der Waals surface area contributed by atoms with Crippen LogP contribution in [0, 0.1) is 6.92 Å². The van der Waals surface area contributed by atoms with Crippen molar-refractivity contribution in [1.82, 2.24) is 9.88 Å². The number of amidine groups is 1. The molecule has 1 aromatic heterocycles. The number of rotatable bonds is 5. The van der Waals surface area contributed by atoms with E-state index in [1.165, 1.54) is 5.56 Å². The Morgan fingerprint density at radius 2 is 1.94 bits per heavy atom. The average molecular weight is 493 g/mol. The fourth-order valence-corrected chi connectivity index (χ4v) is 5.05. The predicted molar refractivity (Wildman–Crippen MR) is 135 cm³/mol. The second-order valence-corrected chi connectivity index (χ2v) is 9.79. The number of hydrogen-bond donors (Lipinski definition) is 2. The van der Waals surface area contributed by atoms with Gasteiger partial charge in [-0.2, -0.15) is 0 Å². The molecule has 1 unspecified atom stereocenters. The summed E-state index contributed by atoms with van der Waals surface area (Å²) in [5, 5.41) is 12.6. The lowest BCUT2D eigenvalue weighted by atomic mass is 9.88. The predicted octanol–water partition coefficient (Wildman–Crippen LogP) is 5.16. The van der Waals surface area contributed by atoms with E-state index in [9.17, 15) is 0 Å². The number of aryl methyl sites for hydroxylation is 1. The van der Waals surface area contributed by atoms with Gasteiger partial charge in [0.1, 0.15) is 0 Å². The maximum absolute atomic E-state index is 8.89. The maximum atomic E-state index is 8.89. The van der Waals surface area contributed by atoms with Crippen LogP contribution in [0.2, 0.25) is 5.02 Å². The first-order chi connectivity index (χ1) is 16.9. The Balaban J connectivity index is 1.26. The molecule has 2 aliphatic heterocycles. The molecule has 2 aromatic carbocycles. The van der Waals surface area contributed by atoms with E-state index < -0.39 is 5.79 Å². The Hall–Kier alpha value is -3.29. The Labute approximate surface area is 210 Å². The van der Waals surface area contributed by atoms with Crippen molar-refractivity contribution in [2.45, 2.75) is 44.9 Å². The van der Waals surface area contributed by atoms with Gasteiger partial charge < -0.3 is 20.4 Å². The topological polar surface area (TPSA) is 93.2 Å². The molecule has 5 rings (SSSR count). The number of halogens is 1. The number of fused-ring (bicyclic) bond motifs is 1. The highest BCUT2D eigenvalue weighted by atomic mass is 35.5. The molecule has 0 aliphatic carbocycles. The molecule has 0 bridgehead atoms. The highest BCUT2D eigenvalue weighted by Gasteiger charge is 2.41. The van der Waals surface area contributed by atoms with Crippen LogP contribution in [-0.4, -0.2) is 34.0 Å². The van der Waals surface area contributed by atoms with Gasteiger partial charge in [-0.3, -0.25) is 9.88 Å². The number of pyridine rings is 1. The van der Waals surface area contributed by atoms with Crippen LogP contribution in [0.4, 0.5) is 0 Å². The summed E-state index contributed by atoms with van der Waals surface area (Å²) in [6, 6.07) is 15.7. The zero-order valence-electron chi connectivity index (χ0n) is 19.9. The van der Waals surface area contributed by atoms with Gasteiger partial charge in [0, 0.05) is 41.4 Å². The molecule has 2 aliphatic rings. The summed E-state index contributed by atoms with van der Waals surface area (Å²) >= 11 is 6.07. The first-order valence-corrected chi connectivity index (χ1v) is 12.2. The van der Waals surface area contributed by atoms with Gasteiger partial charge in [0.15, 0.2) is 17.3 Å². The van der Waals surface area contributed by atoms with Gasteiger partial charge in [-0.1, -0.05) is 28.9 Å². The first-order valence-electron chi connectivity index (χ1n) is 11.8. The molecule has 1 fully saturated rings. The molecule has 3 heterocycles. The minimum Gasteiger partial charge on any atom is -0.445 e. The Morgan fingerprint density at radius 1 is 1.20 bits per heavy atom. The van der Waals surface area contributed by atoms with Crippen LogP contribution >= 0.6 is 11.6 Å². The number of para-hydroxylation sites is 1. The van der Waals surface area contributed by atoms with Gasteiger partial charge in [0.25, 0.3) is 5.79 Å². The van der Waals surface area contributed by atoms with E-state index in [0.29, 0.717) is 16.5 Å². The highest BCUT2D eigenvalue weighted by molar-refractivity contribution is 6.30. The summed E-state index contributed by atoms with van der Waals surface area (Å²) in [5.74, 6) is 1.23. The number of nitrogens with two attached hydrogens (primary N) is 1. The van der Waals surface area contributed by atoms with Crippen LogP contribution in [0.3, 0.4) is 0 Å². The number of oxime groups is 1. The van der Waals surface area contributed by atoms with Crippen molar-refractivity contribution in [3.05, 3.63) is 87.7 Å². The lowest BCUT2D eigenvalue weighted by molar-refractivity contribution is -0.0685. The SMILES string of the molecule is Cc1cc(C(N)=NO)cnc1CN1CCC(c2cccc3c2OC(C)(c2ccc(Cl)cc2)O3)CC1. The minimum atomic E-state index is -0.872. The monoisotopic (exact) mass is 492 g/mol. The van der Waals surface area contributed by atoms with E-state index in [1.54, 1.807) is 6.20 Å². The molecule has 8 heteroatoms. The summed E-state index contributed by atoms with van der Waals surface area (Å²) in [4.78, 5) is 6.98. The standard InChI is InChI=1S/C27H29ClN4O3/c1-17-14-19(26(29)31-33)15-30-23(17)16-32-12-10-18(11-13-32)22-4-3-5-24-25(22)35-27(2,34-24)20-6-8-21(28)9-7-20/h3-9,14-15,18,33H,10-13,16H2,1-2H3,(H2,29,31). The molecule has 3 aromatic rings. The van der Waals surface area contributed by atoms with Crippen molar-refractivity contribution in [1.29, 1.82) is 0 Å². The number of aromatic nitrogens is 1. The molecule has 182 valence electrons. The Bertz CT molecular complexity index is 1260. The zero-order chi connectivity index (χ0) is 24.6. The van der Waals surface area contributed by atoms with E-state index in [4.69, 9.17) is 32.0 Å². The van der Waals surface area contributed by atoms with E-state index >= 15 is 0 Å². The number of piperidine rings is 1. The molecule has 0 radical (unpaired) electrons. The van der Waals surface area contributed by atoms with Gasteiger partial charge in [-0.05, 0) is 80.7 Å². The van der Waals surface area contributed by atoms with Crippen LogP contribution in [0.25, 0.3) is 0 Å². The number of nitrogens with zero attached hydrogens (tertiary/aromatic N) is 3. The Kier molecular flexibility index (Phi) is 6.30. The maximum Gasteiger partial charge on any atom is 0.275 e. The van der Waals surface area contributed by atoms with Gasteiger partial charge in [-0.25, -0.2) is 0 Å². The van der Waals surface area contributed by atoms with Crippen LogP contribution in [0.15, 0.2) is 59.9 Å². The minimum absolute atomic E-state index is 0.0710. The lowest BCUT2D eigenvalue weighted by Gasteiger charge is -2.32. The number of hydrogen-bond acceptors (Lipinski definition) is 6. The van der Waals surface area contributed by atoms with E-state index in [2.05, 4.69) is 21.1 Å². The number of likely N-dealkylation sites (tertiary alicyclic amines) is 1. The molecule has 0 amide bonds. The van der Waals surface area contributed by atoms with E-state index in [0.717, 1.165) is 60.8 Å². The van der Waals surface area contributed by atoms with Crippen molar-refractivity contribution in [2.24, 2.45) is 10.9 Å². The molecular formula is C27H29ClN4O3. The normalized spacial score (nSPS) is 20.8. The van der Waals surface area contributed by atoms with Crippen molar-refractivity contribution in [3.63, 3.8) is 0 Å². The summed E-state index contributed by atoms with van der Waals surface area (Å²) in [6.45, 7) is 6.66. The van der Waals surface area contributed by atoms with Crippen molar-refractivity contribution in [2.75, 3.05) is 13.1 Å². The largest absolute Gasteiger partial charge is 0.445 e.